The van der Waals surface area contributed by atoms with Crippen molar-refractivity contribution in [3.05, 3.63) is 145 Å². The largest absolute Gasteiger partial charge is 0.368 e. The van der Waals surface area contributed by atoms with E-state index in [2.05, 4.69) is 37.2 Å². The van der Waals surface area contributed by atoms with Crippen molar-refractivity contribution in [1.82, 2.24) is 9.62 Å². The summed E-state index contributed by atoms with van der Waals surface area (Å²) >= 11 is 13.2. The van der Waals surface area contributed by atoms with Crippen LogP contribution in [0, 0.1) is 0 Å². The Balaban J connectivity index is 1.65. The summed E-state index contributed by atoms with van der Waals surface area (Å²) in [7, 11) is -4.22. The lowest BCUT2D eigenvalue weighted by Gasteiger charge is -2.41. The molecule has 44 heavy (non-hydrogen) atoms. The molecule has 4 aromatic rings. The second-order valence-corrected chi connectivity index (χ2v) is 14.4. The number of amides is 2. The van der Waals surface area contributed by atoms with E-state index in [-0.39, 0.29) is 23.3 Å². The van der Waals surface area contributed by atoms with E-state index in [1.165, 1.54) is 16.4 Å². The first-order chi connectivity index (χ1) is 21.0. The van der Waals surface area contributed by atoms with E-state index in [9.17, 15) is 18.0 Å². The fourth-order valence-corrected chi connectivity index (χ4v) is 8.00. The third-order valence-electron chi connectivity index (χ3n) is 7.40. The molecule has 1 heterocycles. The van der Waals surface area contributed by atoms with Crippen molar-refractivity contribution in [1.29, 1.82) is 0 Å². The van der Waals surface area contributed by atoms with Crippen molar-refractivity contribution >= 4 is 65.3 Å². The summed E-state index contributed by atoms with van der Waals surface area (Å²) in [4.78, 5) is 26.6. The third-order valence-corrected chi connectivity index (χ3v) is 10.5. The van der Waals surface area contributed by atoms with Crippen molar-refractivity contribution < 1.29 is 18.0 Å². The number of primary amides is 1. The lowest BCUT2D eigenvalue weighted by Crippen LogP contribution is -2.49. The van der Waals surface area contributed by atoms with E-state index in [1.807, 2.05) is 42.5 Å². The third kappa shape index (κ3) is 7.16. The van der Waals surface area contributed by atoms with Crippen LogP contribution < -0.4 is 11.1 Å². The van der Waals surface area contributed by atoms with E-state index in [0.717, 1.165) is 10.0 Å². The molecule has 2 amide bonds. The van der Waals surface area contributed by atoms with Crippen LogP contribution in [0.3, 0.4) is 0 Å². The average Bonchev–Trinajstić information content (AvgIpc) is 3.00. The average molecular weight is 758 g/mol. The van der Waals surface area contributed by atoms with E-state index in [0.29, 0.717) is 20.6 Å². The molecule has 226 valence electrons. The molecule has 1 unspecified atom stereocenters. The lowest BCUT2D eigenvalue weighted by atomic mass is 9.88. The van der Waals surface area contributed by atoms with Crippen molar-refractivity contribution in [2.75, 3.05) is 0 Å². The SMILES string of the molecule is NC(=O)[C@H](Cc1ccccc1)NC(=O)C1=CC[C@@H](c2cccc(Cl)c2)N(S(=O)(=O)c2ccc(Br)cc2)C1c1cccc(Br)c1. The second kappa shape index (κ2) is 13.8. The number of sulfonamides is 1. The first kappa shape index (κ1) is 32.1. The number of rotatable bonds is 9. The molecule has 0 saturated carbocycles. The van der Waals surface area contributed by atoms with Crippen molar-refractivity contribution in [3.63, 3.8) is 0 Å². The van der Waals surface area contributed by atoms with Gasteiger partial charge in [-0.3, -0.25) is 9.59 Å². The van der Waals surface area contributed by atoms with Gasteiger partial charge in [0, 0.05) is 26.0 Å². The minimum atomic E-state index is -4.22. The molecule has 0 radical (unpaired) electrons. The van der Waals surface area contributed by atoms with Gasteiger partial charge in [-0.25, -0.2) is 8.42 Å². The standard InChI is InChI=1S/C33H28Br2ClN3O4S/c34-24-12-14-27(15-13-24)44(42,43)39-30(22-8-5-11-26(36)20-22)17-16-28(31(39)23-9-4-10-25(35)19-23)33(41)38-29(32(37)40)18-21-6-2-1-3-7-21/h1-16,19-20,29-31H,17-18H2,(H2,37,40)(H,38,41)/t29-,30-,31?/m0/s1. The highest BCUT2D eigenvalue weighted by Gasteiger charge is 2.45. The first-order valence-corrected chi connectivity index (χ1v) is 17.1. The predicted molar refractivity (Wildman–Crippen MR) is 178 cm³/mol. The molecule has 0 saturated heterocycles. The molecule has 3 atom stereocenters. The van der Waals surface area contributed by atoms with E-state index >= 15 is 0 Å². The Morgan fingerprint density at radius 1 is 0.886 bits per heavy atom. The Bertz CT molecular complexity index is 1820. The number of carbonyl (C=O) groups is 2. The minimum absolute atomic E-state index is 0.0634. The highest BCUT2D eigenvalue weighted by atomic mass is 79.9. The molecular weight excluding hydrogens is 730 g/mol. The van der Waals surface area contributed by atoms with Crippen molar-refractivity contribution in [2.45, 2.75) is 35.9 Å². The quantitative estimate of drug-likeness (QED) is 0.194. The maximum Gasteiger partial charge on any atom is 0.249 e. The smallest absolute Gasteiger partial charge is 0.249 e. The number of nitrogens with zero attached hydrogens (tertiary/aromatic N) is 1. The van der Waals surface area contributed by atoms with Crippen LogP contribution in [0.2, 0.25) is 5.02 Å². The number of hydrogen-bond acceptors (Lipinski definition) is 4. The maximum atomic E-state index is 14.6. The number of nitrogens with one attached hydrogen (secondary N) is 1. The van der Waals surface area contributed by atoms with Gasteiger partial charge in [-0.05, 0) is 71.6 Å². The fourth-order valence-electron chi connectivity index (χ4n) is 5.34. The number of benzene rings is 4. The van der Waals surface area contributed by atoms with Crippen LogP contribution >= 0.6 is 43.5 Å². The van der Waals surface area contributed by atoms with Crippen LogP contribution in [0.25, 0.3) is 0 Å². The van der Waals surface area contributed by atoms with Crippen LogP contribution in [0.4, 0.5) is 0 Å². The fraction of sp³-hybridized carbons (Fsp3) is 0.152. The highest BCUT2D eigenvalue weighted by molar-refractivity contribution is 9.10. The van der Waals surface area contributed by atoms with E-state index in [4.69, 9.17) is 17.3 Å². The summed E-state index contributed by atoms with van der Waals surface area (Å²) in [5.74, 6) is -1.29. The predicted octanol–water partition coefficient (Wildman–Crippen LogP) is 6.88. The first-order valence-electron chi connectivity index (χ1n) is 13.7. The van der Waals surface area contributed by atoms with Crippen LogP contribution in [-0.2, 0) is 26.0 Å². The van der Waals surface area contributed by atoms with Gasteiger partial charge in [-0.2, -0.15) is 4.31 Å². The van der Waals surface area contributed by atoms with Gasteiger partial charge in [0.2, 0.25) is 21.8 Å². The van der Waals surface area contributed by atoms with Gasteiger partial charge in [0.25, 0.3) is 0 Å². The Morgan fingerprint density at radius 3 is 2.23 bits per heavy atom. The summed E-state index contributed by atoms with van der Waals surface area (Å²) in [5.41, 5.74) is 7.96. The van der Waals surface area contributed by atoms with E-state index < -0.39 is 40.0 Å². The van der Waals surface area contributed by atoms with E-state index in [1.54, 1.807) is 54.6 Å². The summed E-state index contributed by atoms with van der Waals surface area (Å²) in [6.07, 6.45) is 2.10. The summed E-state index contributed by atoms with van der Waals surface area (Å²) < 4.78 is 32.0. The van der Waals surface area contributed by atoms with Gasteiger partial charge in [0.15, 0.2) is 0 Å². The Labute approximate surface area is 278 Å². The van der Waals surface area contributed by atoms with Gasteiger partial charge >= 0.3 is 0 Å². The summed E-state index contributed by atoms with van der Waals surface area (Å²) in [6, 6.07) is 27.0. The molecule has 4 aromatic carbocycles. The summed E-state index contributed by atoms with van der Waals surface area (Å²) in [6.45, 7) is 0. The second-order valence-electron chi connectivity index (χ2n) is 10.3. The number of halogens is 3. The molecular formula is C33H28Br2ClN3O4S. The van der Waals surface area contributed by atoms with Crippen molar-refractivity contribution in [2.24, 2.45) is 5.73 Å². The molecule has 0 bridgehead atoms. The topological polar surface area (TPSA) is 110 Å². The zero-order valence-electron chi connectivity index (χ0n) is 23.2. The van der Waals surface area contributed by atoms with Crippen molar-refractivity contribution in [3.8, 4) is 0 Å². The monoisotopic (exact) mass is 755 g/mol. The Kier molecular flexibility index (Phi) is 10.1. The van der Waals surface area contributed by atoms with Crippen LogP contribution in [0.15, 0.2) is 129 Å². The molecule has 1 aliphatic rings. The number of hydrogen-bond donors (Lipinski definition) is 2. The Morgan fingerprint density at radius 2 is 1.57 bits per heavy atom. The Hall–Kier alpha value is -3.28. The molecule has 0 fully saturated rings. The molecule has 1 aliphatic heterocycles. The molecule has 7 nitrogen and oxygen atoms in total. The molecule has 11 heteroatoms. The molecule has 0 aromatic heterocycles. The normalized spacial score (nSPS) is 17.8. The lowest BCUT2D eigenvalue weighted by molar-refractivity contribution is -0.125. The molecule has 5 rings (SSSR count). The maximum absolute atomic E-state index is 14.6. The summed E-state index contributed by atoms with van der Waals surface area (Å²) in [5, 5.41) is 3.25. The number of carbonyl (C=O) groups excluding carboxylic acids is 2. The van der Waals surface area contributed by atoms with Gasteiger partial charge in [-0.15, -0.1) is 0 Å². The highest BCUT2D eigenvalue weighted by Crippen LogP contribution is 2.46. The number of nitrogens with two attached hydrogens (primary N) is 1. The molecule has 0 spiro atoms. The molecule has 0 aliphatic carbocycles. The van der Waals surface area contributed by atoms with Crippen LogP contribution in [-0.4, -0.2) is 30.6 Å². The van der Waals surface area contributed by atoms with Crippen LogP contribution in [0.1, 0.15) is 35.2 Å². The minimum Gasteiger partial charge on any atom is -0.368 e. The van der Waals surface area contributed by atoms with Gasteiger partial charge in [0.1, 0.15) is 6.04 Å². The van der Waals surface area contributed by atoms with Gasteiger partial charge in [0.05, 0.1) is 17.0 Å². The zero-order chi connectivity index (χ0) is 31.4. The van der Waals surface area contributed by atoms with Gasteiger partial charge in [-0.1, -0.05) is 104 Å². The van der Waals surface area contributed by atoms with Crippen LogP contribution in [0.5, 0.6) is 0 Å². The molecule has 3 N–H and O–H groups in total. The zero-order valence-corrected chi connectivity index (χ0v) is 28.0. The van der Waals surface area contributed by atoms with Gasteiger partial charge < -0.3 is 11.1 Å².